The van der Waals surface area contributed by atoms with E-state index in [0.717, 1.165) is 24.2 Å². The molecule has 1 aliphatic rings. The highest BCUT2D eigenvalue weighted by Gasteiger charge is 2.23. The Labute approximate surface area is 142 Å². The number of rotatable bonds is 6. The molecule has 5 nitrogen and oxygen atoms in total. The number of aromatic nitrogens is 1. The Morgan fingerprint density at radius 1 is 1.12 bits per heavy atom. The largest absolute Gasteiger partial charge is 0.489 e. The smallest absolute Gasteiger partial charge is 0.248 e. The number of piperidine rings is 1. The molecular weight excluding hydrogens is 304 g/mol. The summed E-state index contributed by atoms with van der Waals surface area (Å²) in [6, 6.07) is 13.6. The van der Waals surface area contributed by atoms with E-state index in [0.29, 0.717) is 19.7 Å². The maximum Gasteiger partial charge on any atom is 0.248 e. The first-order chi connectivity index (χ1) is 11.8. The molecule has 24 heavy (non-hydrogen) atoms. The second-order valence-electron chi connectivity index (χ2n) is 5.87. The van der Waals surface area contributed by atoms with E-state index in [1.165, 1.54) is 0 Å². The Morgan fingerprint density at radius 2 is 1.92 bits per heavy atom. The lowest BCUT2D eigenvalue weighted by atomic mass is 10.1. The molecule has 0 N–H and O–H groups in total. The number of carbonyl (C=O) groups is 1. The maximum atomic E-state index is 12.2. The molecule has 1 aliphatic heterocycles. The van der Waals surface area contributed by atoms with Crippen molar-refractivity contribution in [1.29, 1.82) is 0 Å². The molecule has 0 radical (unpaired) electrons. The van der Waals surface area contributed by atoms with Gasteiger partial charge in [0.2, 0.25) is 5.91 Å². The Kier molecular flexibility index (Phi) is 5.80. The lowest BCUT2D eigenvalue weighted by Gasteiger charge is -2.32. The number of nitrogens with zero attached hydrogens (tertiary/aromatic N) is 2. The standard InChI is InChI=1S/C19H22N2O3/c22-19(15-23-14-16-5-2-1-3-6-16)21-11-8-17(9-12-21)24-18-7-4-10-20-13-18/h1-7,10,13,17H,8-9,11-12,14-15H2. The summed E-state index contributed by atoms with van der Waals surface area (Å²) >= 11 is 0. The third-order valence-electron chi connectivity index (χ3n) is 4.07. The topological polar surface area (TPSA) is 51.7 Å². The van der Waals surface area contributed by atoms with Gasteiger partial charge in [-0.25, -0.2) is 0 Å². The van der Waals surface area contributed by atoms with Crippen LogP contribution in [0.2, 0.25) is 0 Å². The minimum atomic E-state index is 0.0470. The van der Waals surface area contributed by atoms with E-state index in [-0.39, 0.29) is 18.6 Å². The quantitative estimate of drug-likeness (QED) is 0.819. The van der Waals surface area contributed by atoms with E-state index in [2.05, 4.69) is 4.98 Å². The third kappa shape index (κ3) is 4.80. The number of hydrogen-bond acceptors (Lipinski definition) is 4. The van der Waals surface area contributed by atoms with E-state index in [4.69, 9.17) is 9.47 Å². The van der Waals surface area contributed by atoms with Crippen molar-refractivity contribution in [3.63, 3.8) is 0 Å². The molecule has 126 valence electrons. The Hall–Kier alpha value is -2.40. The molecular formula is C19H22N2O3. The van der Waals surface area contributed by atoms with Crippen LogP contribution < -0.4 is 4.74 Å². The molecule has 0 unspecified atom stereocenters. The van der Waals surface area contributed by atoms with Gasteiger partial charge in [-0.3, -0.25) is 9.78 Å². The summed E-state index contributed by atoms with van der Waals surface area (Å²) in [7, 11) is 0. The van der Waals surface area contributed by atoms with Crippen LogP contribution in [0.4, 0.5) is 0 Å². The molecule has 5 heteroatoms. The van der Waals surface area contributed by atoms with Gasteiger partial charge in [-0.2, -0.15) is 0 Å². The lowest BCUT2D eigenvalue weighted by Crippen LogP contribution is -2.43. The summed E-state index contributed by atoms with van der Waals surface area (Å²) in [6.45, 7) is 2.01. The summed E-state index contributed by atoms with van der Waals surface area (Å²) in [5.74, 6) is 0.833. The molecule has 0 atom stereocenters. The van der Waals surface area contributed by atoms with Crippen molar-refractivity contribution in [1.82, 2.24) is 9.88 Å². The predicted molar refractivity (Wildman–Crippen MR) is 90.6 cm³/mol. The minimum Gasteiger partial charge on any atom is -0.489 e. The maximum absolute atomic E-state index is 12.2. The van der Waals surface area contributed by atoms with Gasteiger partial charge in [-0.15, -0.1) is 0 Å². The Balaban J connectivity index is 1.37. The van der Waals surface area contributed by atoms with Crippen LogP contribution in [0, 0.1) is 0 Å². The van der Waals surface area contributed by atoms with Crippen molar-refractivity contribution in [2.24, 2.45) is 0 Å². The van der Waals surface area contributed by atoms with Gasteiger partial charge in [0.25, 0.3) is 0 Å². The average Bonchev–Trinajstić information content (AvgIpc) is 2.64. The first-order valence-corrected chi connectivity index (χ1v) is 8.27. The van der Waals surface area contributed by atoms with Crippen LogP contribution in [-0.4, -0.2) is 41.6 Å². The second kappa shape index (κ2) is 8.45. The van der Waals surface area contributed by atoms with Gasteiger partial charge in [0, 0.05) is 32.1 Å². The highest BCUT2D eigenvalue weighted by atomic mass is 16.5. The monoisotopic (exact) mass is 326 g/mol. The van der Waals surface area contributed by atoms with Crippen molar-refractivity contribution in [2.45, 2.75) is 25.6 Å². The number of likely N-dealkylation sites (tertiary alicyclic amines) is 1. The molecule has 1 aromatic carbocycles. The van der Waals surface area contributed by atoms with E-state index in [1.54, 1.807) is 12.4 Å². The zero-order chi connectivity index (χ0) is 16.6. The van der Waals surface area contributed by atoms with Gasteiger partial charge >= 0.3 is 0 Å². The summed E-state index contributed by atoms with van der Waals surface area (Å²) in [4.78, 5) is 18.1. The second-order valence-corrected chi connectivity index (χ2v) is 5.87. The fraction of sp³-hybridized carbons (Fsp3) is 0.368. The molecule has 0 aliphatic carbocycles. The van der Waals surface area contributed by atoms with Crippen molar-refractivity contribution >= 4 is 5.91 Å². The number of benzene rings is 1. The van der Waals surface area contributed by atoms with Crippen LogP contribution in [-0.2, 0) is 16.1 Å². The summed E-state index contributed by atoms with van der Waals surface area (Å²) in [5.41, 5.74) is 1.08. The fourth-order valence-electron chi connectivity index (χ4n) is 2.75. The molecule has 1 aromatic heterocycles. The average molecular weight is 326 g/mol. The van der Waals surface area contributed by atoms with Crippen LogP contribution in [0.5, 0.6) is 5.75 Å². The molecule has 1 amide bonds. The van der Waals surface area contributed by atoms with Crippen molar-refractivity contribution in [3.05, 3.63) is 60.4 Å². The minimum absolute atomic E-state index is 0.0470. The molecule has 0 saturated carbocycles. The van der Waals surface area contributed by atoms with Gasteiger partial charge in [0.1, 0.15) is 18.5 Å². The number of hydrogen-bond donors (Lipinski definition) is 0. The van der Waals surface area contributed by atoms with E-state index in [1.807, 2.05) is 47.4 Å². The van der Waals surface area contributed by atoms with Crippen LogP contribution in [0.15, 0.2) is 54.9 Å². The number of pyridine rings is 1. The summed E-state index contributed by atoms with van der Waals surface area (Å²) in [6.07, 6.45) is 5.25. The van der Waals surface area contributed by atoms with Crippen LogP contribution >= 0.6 is 0 Å². The highest BCUT2D eigenvalue weighted by Crippen LogP contribution is 2.18. The van der Waals surface area contributed by atoms with Crippen LogP contribution in [0.1, 0.15) is 18.4 Å². The highest BCUT2D eigenvalue weighted by molar-refractivity contribution is 5.77. The third-order valence-corrected chi connectivity index (χ3v) is 4.07. The van der Waals surface area contributed by atoms with Gasteiger partial charge in [0.05, 0.1) is 12.8 Å². The van der Waals surface area contributed by atoms with Crippen LogP contribution in [0.25, 0.3) is 0 Å². The summed E-state index contributed by atoms with van der Waals surface area (Å²) in [5, 5.41) is 0. The summed E-state index contributed by atoms with van der Waals surface area (Å²) < 4.78 is 11.4. The molecule has 2 aromatic rings. The molecule has 2 heterocycles. The zero-order valence-electron chi connectivity index (χ0n) is 13.6. The molecule has 0 spiro atoms. The lowest BCUT2D eigenvalue weighted by molar-refractivity contribution is -0.138. The first kappa shape index (κ1) is 16.5. The fourth-order valence-corrected chi connectivity index (χ4v) is 2.75. The van der Waals surface area contributed by atoms with E-state index >= 15 is 0 Å². The van der Waals surface area contributed by atoms with Gasteiger partial charge in [0.15, 0.2) is 0 Å². The zero-order valence-corrected chi connectivity index (χ0v) is 13.6. The van der Waals surface area contributed by atoms with Gasteiger partial charge in [-0.05, 0) is 17.7 Å². The number of amides is 1. The Morgan fingerprint density at radius 3 is 2.62 bits per heavy atom. The number of ether oxygens (including phenoxy) is 2. The van der Waals surface area contributed by atoms with Crippen molar-refractivity contribution in [2.75, 3.05) is 19.7 Å². The van der Waals surface area contributed by atoms with E-state index in [9.17, 15) is 4.79 Å². The molecule has 3 rings (SSSR count). The van der Waals surface area contributed by atoms with Crippen molar-refractivity contribution in [3.8, 4) is 5.75 Å². The van der Waals surface area contributed by atoms with Crippen LogP contribution in [0.3, 0.4) is 0 Å². The number of carbonyl (C=O) groups excluding carboxylic acids is 1. The predicted octanol–water partition coefficient (Wildman–Crippen LogP) is 2.67. The van der Waals surface area contributed by atoms with Crippen molar-refractivity contribution < 1.29 is 14.3 Å². The molecule has 1 saturated heterocycles. The van der Waals surface area contributed by atoms with Gasteiger partial charge in [-0.1, -0.05) is 30.3 Å². The van der Waals surface area contributed by atoms with Gasteiger partial charge < -0.3 is 14.4 Å². The Bertz CT molecular complexity index is 626. The molecule has 0 bridgehead atoms. The van der Waals surface area contributed by atoms with E-state index < -0.39 is 0 Å². The first-order valence-electron chi connectivity index (χ1n) is 8.27. The molecule has 1 fully saturated rings. The SMILES string of the molecule is O=C(COCc1ccccc1)N1CCC(Oc2cccnc2)CC1. The normalized spacial score (nSPS) is 15.2.